The average Bonchev–Trinajstić information content (AvgIpc) is 2.39. The molecule has 0 atom stereocenters. The van der Waals surface area contributed by atoms with Crippen LogP contribution >= 0.6 is 0 Å². The lowest BCUT2D eigenvalue weighted by molar-refractivity contribution is 0.122. The van der Waals surface area contributed by atoms with E-state index in [4.69, 9.17) is 21.0 Å². The number of nitrogens with zero attached hydrogens (tertiary/aromatic N) is 4. The number of morpholine rings is 1. The van der Waals surface area contributed by atoms with Gasteiger partial charge in [0, 0.05) is 13.1 Å². The Morgan fingerprint density at radius 2 is 1.88 bits per heavy atom. The van der Waals surface area contributed by atoms with E-state index in [-0.39, 0.29) is 11.4 Å². The Morgan fingerprint density at radius 1 is 1.24 bits per heavy atom. The molecule has 0 saturated carbocycles. The summed E-state index contributed by atoms with van der Waals surface area (Å²) in [6.45, 7) is 2.55. The van der Waals surface area contributed by atoms with Gasteiger partial charge in [0.2, 0.25) is 0 Å². The fourth-order valence-corrected chi connectivity index (χ4v) is 1.71. The standard InChI is InChI=1S/C11H11N5O/c12-6-8-5-9(7-13)11(15-10(8)14)16-1-3-17-4-2-16/h5H,1-4H2,(H2,14,15). The van der Waals surface area contributed by atoms with Gasteiger partial charge in [-0.2, -0.15) is 10.5 Å². The first kappa shape index (κ1) is 11.2. The van der Waals surface area contributed by atoms with Gasteiger partial charge in [-0.25, -0.2) is 4.98 Å². The van der Waals surface area contributed by atoms with Crippen LogP contribution in [-0.2, 0) is 4.74 Å². The number of nitrogens with two attached hydrogens (primary N) is 1. The molecule has 0 aliphatic carbocycles. The van der Waals surface area contributed by atoms with Crippen LogP contribution in [0.1, 0.15) is 11.1 Å². The lowest BCUT2D eigenvalue weighted by Gasteiger charge is -2.28. The number of rotatable bonds is 1. The highest BCUT2D eigenvalue weighted by atomic mass is 16.5. The van der Waals surface area contributed by atoms with E-state index in [0.717, 1.165) is 0 Å². The number of anilines is 2. The molecule has 6 heteroatoms. The highest BCUT2D eigenvalue weighted by molar-refractivity contribution is 5.63. The lowest BCUT2D eigenvalue weighted by atomic mass is 10.2. The Bertz CT molecular complexity index is 508. The molecule has 1 aromatic heterocycles. The Kier molecular flexibility index (Phi) is 3.08. The second-order valence-electron chi connectivity index (χ2n) is 3.62. The molecular formula is C11H11N5O. The summed E-state index contributed by atoms with van der Waals surface area (Å²) in [5, 5.41) is 17.9. The van der Waals surface area contributed by atoms with Crippen LogP contribution in [0, 0.1) is 22.7 Å². The van der Waals surface area contributed by atoms with Crippen LogP contribution in [0.15, 0.2) is 6.07 Å². The molecule has 0 amide bonds. The Hall–Kier alpha value is -2.31. The third kappa shape index (κ3) is 2.12. The molecular weight excluding hydrogens is 218 g/mol. The monoisotopic (exact) mass is 229 g/mol. The second kappa shape index (κ2) is 4.69. The topological polar surface area (TPSA) is 99.0 Å². The molecule has 1 fully saturated rings. The number of nitrogen functional groups attached to an aromatic ring is 1. The first-order valence-corrected chi connectivity index (χ1v) is 5.19. The maximum Gasteiger partial charge on any atom is 0.149 e. The van der Waals surface area contributed by atoms with Crippen molar-refractivity contribution in [2.24, 2.45) is 0 Å². The number of hydrogen-bond acceptors (Lipinski definition) is 6. The minimum Gasteiger partial charge on any atom is -0.383 e. The van der Waals surface area contributed by atoms with E-state index in [9.17, 15) is 0 Å². The summed E-state index contributed by atoms with van der Waals surface area (Å²) in [5.74, 6) is 0.695. The van der Waals surface area contributed by atoms with Crippen molar-refractivity contribution in [3.63, 3.8) is 0 Å². The summed E-state index contributed by atoms with van der Waals surface area (Å²) in [7, 11) is 0. The van der Waals surface area contributed by atoms with E-state index in [0.29, 0.717) is 37.7 Å². The van der Waals surface area contributed by atoms with Crippen LogP contribution in [0.5, 0.6) is 0 Å². The summed E-state index contributed by atoms with van der Waals surface area (Å²) < 4.78 is 5.23. The van der Waals surface area contributed by atoms with Crippen molar-refractivity contribution in [2.75, 3.05) is 36.9 Å². The van der Waals surface area contributed by atoms with Gasteiger partial charge >= 0.3 is 0 Å². The Balaban J connectivity index is 2.43. The summed E-state index contributed by atoms with van der Waals surface area (Å²) in [6.07, 6.45) is 0. The molecule has 6 nitrogen and oxygen atoms in total. The molecule has 0 aromatic carbocycles. The van der Waals surface area contributed by atoms with Crippen LogP contribution in [0.2, 0.25) is 0 Å². The van der Waals surface area contributed by atoms with E-state index >= 15 is 0 Å². The molecule has 0 unspecified atom stereocenters. The van der Waals surface area contributed by atoms with Gasteiger partial charge in [0.25, 0.3) is 0 Å². The van der Waals surface area contributed by atoms with E-state index in [1.54, 1.807) is 0 Å². The number of pyridine rings is 1. The van der Waals surface area contributed by atoms with Crippen LogP contribution in [0.25, 0.3) is 0 Å². The van der Waals surface area contributed by atoms with Crippen molar-refractivity contribution < 1.29 is 4.74 Å². The minimum atomic E-state index is 0.160. The van der Waals surface area contributed by atoms with Crippen molar-refractivity contribution >= 4 is 11.6 Å². The largest absolute Gasteiger partial charge is 0.383 e. The van der Waals surface area contributed by atoms with Gasteiger partial charge in [0.05, 0.1) is 24.3 Å². The summed E-state index contributed by atoms with van der Waals surface area (Å²) in [4.78, 5) is 6.09. The minimum absolute atomic E-state index is 0.160. The molecule has 2 heterocycles. The van der Waals surface area contributed by atoms with Crippen LogP contribution in [0.4, 0.5) is 11.6 Å². The smallest absolute Gasteiger partial charge is 0.149 e. The summed E-state index contributed by atoms with van der Waals surface area (Å²) in [6, 6.07) is 5.44. The SMILES string of the molecule is N#Cc1cc(C#N)c(N2CCOCC2)nc1N. The second-order valence-corrected chi connectivity index (χ2v) is 3.62. The molecule has 2 rings (SSSR count). The van der Waals surface area contributed by atoms with E-state index in [2.05, 4.69) is 4.98 Å². The summed E-state index contributed by atoms with van der Waals surface area (Å²) >= 11 is 0. The van der Waals surface area contributed by atoms with E-state index in [1.165, 1.54) is 6.07 Å². The fraction of sp³-hybridized carbons (Fsp3) is 0.364. The molecule has 17 heavy (non-hydrogen) atoms. The first-order valence-electron chi connectivity index (χ1n) is 5.19. The van der Waals surface area contributed by atoms with Crippen molar-refractivity contribution in [1.29, 1.82) is 10.5 Å². The Morgan fingerprint density at radius 3 is 2.47 bits per heavy atom. The highest BCUT2D eigenvalue weighted by Crippen LogP contribution is 2.22. The zero-order valence-corrected chi connectivity index (χ0v) is 9.18. The molecule has 0 spiro atoms. The quantitative estimate of drug-likeness (QED) is 0.740. The maximum absolute atomic E-state index is 9.06. The molecule has 0 radical (unpaired) electrons. The van der Waals surface area contributed by atoms with E-state index in [1.807, 2.05) is 17.0 Å². The molecule has 1 aromatic rings. The number of aromatic nitrogens is 1. The fourth-order valence-electron chi connectivity index (χ4n) is 1.71. The predicted octanol–water partition coefficient (Wildman–Crippen LogP) is 0.244. The first-order chi connectivity index (χ1) is 8.26. The van der Waals surface area contributed by atoms with Gasteiger partial charge in [0.1, 0.15) is 23.8 Å². The van der Waals surface area contributed by atoms with Gasteiger partial charge in [-0.1, -0.05) is 0 Å². The van der Waals surface area contributed by atoms with Crippen molar-refractivity contribution in [2.45, 2.75) is 0 Å². The average molecular weight is 229 g/mol. The van der Waals surface area contributed by atoms with E-state index < -0.39 is 0 Å². The van der Waals surface area contributed by atoms with Crippen LogP contribution < -0.4 is 10.6 Å². The van der Waals surface area contributed by atoms with Crippen molar-refractivity contribution in [3.05, 3.63) is 17.2 Å². The Labute approximate surface area is 98.8 Å². The maximum atomic E-state index is 9.06. The van der Waals surface area contributed by atoms with Gasteiger partial charge in [-0.15, -0.1) is 0 Å². The van der Waals surface area contributed by atoms with Gasteiger partial charge in [-0.3, -0.25) is 0 Å². The van der Waals surface area contributed by atoms with Crippen LogP contribution in [-0.4, -0.2) is 31.3 Å². The van der Waals surface area contributed by atoms with Crippen molar-refractivity contribution in [3.8, 4) is 12.1 Å². The normalized spacial score (nSPS) is 15.1. The number of ether oxygens (including phenoxy) is 1. The molecule has 1 saturated heterocycles. The zero-order chi connectivity index (χ0) is 12.3. The number of hydrogen-bond donors (Lipinski definition) is 1. The van der Waals surface area contributed by atoms with Crippen molar-refractivity contribution in [1.82, 2.24) is 4.98 Å². The van der Waals surface area contributed by atoms with Crippen LogP contribution in [0.3, 0.4) is 0 Å². The molecule has 0 bridgehead atoms. The zero-order valence-electron chi connectivity index (χ0n) is 9.18. The molecule has 1 aliphatic heterocycles. The molecule has 2 N–H and O–H groups in total. The van der Waals surface area contributed by atoms with Gasteiger partial charge in [0.15, 0.2) is 0 Å². The lowest BCUT2D eigenvalue weighted by Crippen LogP contribution is -2.37. The molecule has 86 valence electrons. The molecule has 1 aliphatic rings. The predicted molar refractivity (Wildman–Crippen MR) is 61.1 cm³/mol. The number of nitriles is 2. The highest BCUT2D eigenvalue weighted by Gasteiger charge is 2.18. The van der Waals surface area contributed by atoms with Gasteiger partial charge in [-0.05, 0) is 6.07 Å². The third-order valence-corrected chi connectivity index (χ3v) is 2.58. The summed E-state index contributed by atoms with van der Waals surface area (Å²) in [5.41, 5.74) is 6.27. The van der Waals surface area contributed by atoms with Gasteiger partial charge < -0.3 is 15.4 Å². The third-order valence-electron chi connectivity index (χ3n) is 2.58.